The Morgan fingerprint density at radius 3 is 2.40 bits per heavy atom. The van der Waals surface area contributed by atoms with Crippen molar-refractivity contribution in [1.29, 1.82) is 0 Å². The Kier molecular flexibility index (Phi) is 7.60. The summed E-state index contributed by atoms with van der Waals surface area (Å²) in [5.74, 6) is 1.05. The number of carbonyl (C=O) groups is 1. The second-order valence-electron chi connectivity index (χ2n) is 4.22. The summed E-state index contributed by atoms with van der Waals surface area (Å²) in [4.78, 5) is 11.3. The van der Waals surface area contributed by atoms with E-state index in [4.69, 9.17) is 0 Å². The molecule has 0 radical (unpaired) electrons. The molecule has 1 amide bonds. The molecule has 2 atom stereocenters. The number of rotatable bonds is 7. The lowest BCUT2D eigenvalue weighted by molar-refractivity contribution is -0.120. The van der Waals surface area contributed by atoms with Gasteiger partial charge in [-0.15, -0.1) is 0 Å². The second kappa shape index (κ2) is 7.82. The van der Waals surface area contributed by atoms with Crippen LogP contribution in [0.25, 0.3) is 0 Å². The highest BCUT2D eigenvalue weighted by Crippen LogP contribution is 1.87. The van der Waals surface area contributed by atoms with Gasteiger partial charge in [0.2, 0.25) is 5.91 Å². The highest BCUT2D eigenvalue weighted by atomic mass is 32.2. The zero-order chi connectivity index (χ0) is 11.8. The molecule has 2 unspecified atom stereocenters. The minimum absolute atomic E-state index is 0.00237. The molecule has 0 aromatic heterocycles. The maximum absolute atomic E-state index is 11.3. The Balaban J connectivity index is 3.57. The molecular formula is C10H22N2O2S. The third-order valence-electron chi connectivity index (χ3n) is 1.80. The molecule has 15 heavy (non-hydrogen) atoms. The fourth-order valence-corrected chi connectivity index (χ4v) is 1.88. The van der Waals surface area contributed by atoms with E-state index in [0.717, 1.165) is 0 Å². The van der Waals surface area contributed by atoms with Crippen LogP contribution in [0.15, 0.2) is 0 Å². The van der Waals surface area contributed by atoms with Crippen LogP contribution in [0.2, 0.25) is 0 Å². The van der Waals surface area contributed by atoms with Gasteiger partial charge in [0.25, 0.3) is 0 Å². The molecule has 0 aromatic rings. The van der Waals surface area contributed by atoms with E-state index in [0.29, 0.717) is 24.8 Å². The molecule has 4 nitrogen and oxygen atoms in total. The lowest BCUT2D eigenvalue weighted by Crippen LogP contribution is -2.40. The van der Waals surface area contributed by atoms with Gasteiger partial charge in [0.1, 0.15) is 0 Å². The lowest BCUT2D eigenvalue weighted by atomic mass is 10.2. The summed E-state index contributed by atoms with van der Waals surface area (Å²) in [6.07, 6.45) is 1.66. The summed E-state index contributed by atoms with van der Waals surface area (Å²) in [5.41, 5.74) is 0. The fraction of sp³-hybridized carbons (Fsp3) is 0.900. The number of hydrogen-bond acceptors (Lipinski definition) is 3. The number of hydrogen-bond donors (Lipinski definition) is 2. The normalized spacial score (nSPS) is 15.0. The average Bonchev–Trinajstić information content (AvgIpc) is 2.10. The van der Waals surface area contributed by atoms with Gasteiger partial charge in [-0.3, -0.25) is 9.00 Å². The smallest absolute Gasteiger partial charge is 0.233 e. The van der Waals surface area contributed by atoms with Gasteiger partial charge in [0, 0.05) is 35.4 Å². The molecule has 0 aromatic carbocycles. The van der Waals surface area contributed by atoms with Gasteiger partial charge in [-0.1, -0.05) is 13.8 Å². The van der Waals surface area contributed by atoms with Gasteiger partial charge in [-0.25, -0.2) is 0 Å². The van der Waals surface area contributed by atoms with Crippen molar-refractivity contribution in [2.24, 2.45) is 5.92 Å². The number of carbonyl (C=O) groups excluding carboxylic acids is 1. The first-order valence-corrected chi connectivity index (χ1v) is 6.94. The average molecular weight is 234 g/mol. The molecule has 0 aliphatic heterocycles. The fourth-order valence-electron chi connectivity index (χ4n) is 1.06. The molecule has 90 valence electrons. The van der Waals surface area contributed by atoms with Crippen molar-refractivity contribution < 1.29 is 9.00 Å². The minimum atomic E-state index is -0.816. The maximum atomic E-state index is 11.3. The molecule has 0 saturated carbocycles. The Bertz CT molecular complexity index is 219. The molecule has 0 rings (SSSR count). The van der Waals surface area contributed by atoms with Crippen LogP contribution < -0.4 is 10.6 Å². The Labute approximate surface area is 94.7 Å². The highest BCUT2D eigenvalue weighted by Gasteiger charge is 2.06. The molecule has 0 saturated heterocycles. The van der Waals surface area contributed by atoms with Crippen LogP contribution in [0.5, 0.6) is 0 Å². The Hall–Kier alpha value is -0.420. The first-order chi connectivity index (χ1) is 6.91. The molecular weight excluding hydrogens is 212 g/mol. The van der Waals surface area contributed by atoms with Crippen LogP contribution in [-0.4, -0.2) is 41.3 Å². The zero-order valence-electron chi connectivity index (χ0n) is 10.0. The predicted molar refractivity (Wildman–Crippen MR) is 64.2 cm³/mol. The third kappa shape index (κ3) is 9.87. The van der Waals surface area contributed by atoms with Gasteiger partial charge < -0.3 is 10.6 Å². The van der Waals surface area contributed by atoms with Crippen LogP contribution in [0.4, 0.5) is 0 Å². The van der Waals surface area contributed by atoms with E-state index in [1.54, 1.807) is 6.26 Å². The maximum Gasteiger partial charge on any atom is 0.233 e. The summed E-state index contributed by atoms with van der Waals surface area (Å²) < 4.78 is 10.9. The summed E-state index contributed by atoms with van der Waals surface area (Å²) >= 11 is 0. The van der Waals surface area contributed by atoms with Crippen molar-refractivity contribution in [3.63, 3.8) is 0 Å². The topological polar surface area (TPSA) is 58.2 Å². The van der Waals surface area contributed by atoms with E-state index < -0.39 is 10.8 Å². The van der Waals surface area contributed by atoms with Gasteiger partial charge in [-0.2, -0.15) is 0 Å². The summed E-state index contributed by atoms with van der Waals surface area (Å²) in [5, 5.41) is 5.85. The van der Waals surface area contributed by atoms with E-state index >= 15 is 0 Å². The van der Waals surface area contributed by atoms with E-state index in [-0.39, 0.29) is 11.9 Å². The third-order valence-corrected chi connectivity index (χ3v) is 2.77. The molecule has 2 N–H and O–H groups in total. The van der Waals surface area contributed by atoms with Gasteiger partial charge in [0.05, 0.1) is 6.54 Å². The molecule has 0 heterocycles. The van der Waals surface area contributed by atoms with E-state index in [1.807, 2.05) is 6.92 Å². The number of amides is 1. The van der Waals surface area contributed by atoms with Crippen molar-refractivity contribution in [3.8, 4) is 0 Å². The summed E-state index contributed by atoms with van der Waals surface area (Å²) in [6, 6.07) is 0.112. The molecule has 0 spiro atoms. The van der Waals surface area contributed by atoms with E-state index in [2.05, 4.69) is 24.5 Å². The highest BCUT2D eigenvalue weighted by molar-refractivity contribution is 7.84. The zero-order valence-corrected chi connectivity index (χ0v) is 10.8. The molecule has 5 heteroatoms. The van der Waals surface area contributed by atoms with E-state index in [1.165, 1.54) is 0 Å². The second-order valence-corrected chi connectivity index (χ2v) is 5.70. The van der Waals surface area contributed by atoms with Gasteiger partial charge >= 0.3 is 0 Å². The summed E-state index contributed by atoms with van der Waals surface area (Å²) in [6.45, 7) is 7.03. The van der Waals surface area contributed by atoms with E-state index in [9.17, 15) is 9.00 Å². The van der Waals surface area contributed by atoms with Crippen molar-refractivity contribution in [3.05, 3.63) is 0 Å². The quantitative estimate of drug-likeness (QED) is 0.657. The van der Waals surface area contributed by atoms with Crippen molar-refractivity contribution in [2.45, 2.75) is 26.8 Å². The van der Waals surface area contributed by atoms with Crippen LogP contribution in [0.1, 0.15) is 20.8 Å². The minimum Gasteiger partial charge on any atom is -0.355 e. The van der Waals surface area contributed by atoms with Crippen molar-refractivity contribution >= 4 is 16.7 Å². The van der Waals surface area contributed by atoms with Crippen molar-refractivity contribution in [1.82, 2.24) is 10.6 Å². The monoisotopic (exact) mass is 234 g/mol. The predicted octanol–water partition coefficient (Wildman–Crippen LogP) is 0.115. The van der Waals surface area contributed by atoms with Gasteiger partial charge in [-0.05, 0) is 12.8 Å². The molecule has 0 aliphatic carbocycles. The Morgan fingerprint density at radius 1 is 1.33 bits per heavy atom. The van der Waals surface area contributed by atoms with Crippen molar-refractivity contribution in [2.75, 3.05) is 25.1 Å². The molecule has 0 fully saturated rings. The van der Waals surface area contributed by atoms with Crippen LogP contribution in [0.3, 0.4) is 0 Å². The number of nitrogens with one attached hydrogen (secondary N) is 2. The molecule has 0 aliphatic rings. The lowest BCUT2D eigenvalue weighted by Gasteiger charge is -2.12. The molecule has 0 bridgehead atoms. The van der Waals surface area contributed by atoms with Crippen LogP contribution in [-0.2, 0) is 15.6 Å². The first kappa shape index (κ1) is 14.6. The largest absolute Gasteiger partial charge is 0.355 e. The standard InChI is InChI=1S/C10H22N2O2S/c1-8(2)5-12-10(13)6-11-9(3)7-15(4)14/h8-9,11H,5-7H2,1-4H3,(H,12,13). The van der Waals surface area contributed by atoms with Crippen LogP contribution in [0, 0.1) is 5.92 Å². The summed E-state index contributed by atoms with van der Waals surface area (Å²) in [7, 11) is -0.816. The van der Waals surface area contributed by atoms with Gasteiger partial charge in [0.15, 0.2) is 0 Å². The SMILES string of the molecule is CC(C)CNC(=O)CNC(C)CS(C)=O. The first-order valence-electron chi connectivity index (χ1n) is 5.22. The van der Waals surface area contributed by atoms with Crippen LogP contribution >= 0.6 is 0 Å². The Morgan fingerprint density at radius 2 is 1.93 bits per heavy atom.